The van der Waals surface area contributed by atoms with E-state index in [9.17, 15) is 10.1 Å². The molecule has 0 aromatic heterocycles. The number of hydrogen-bond donors (Lipinski definition) is 3. The molecule has 0 aliphatic carbocycles. The number of thiocarbonyl (C=S) groups is 1. The van der Waals surface area contributed by atoms with Crippen LogP contribution < -0.4 is 16.4 Å². The standard InChI is InChI=1S/C14H14N4O2S/c15-13-4-2-1-3-10(13)9-16-14(21)17-11-5-7-12(8-6-11)18(19)20/h1-8H,9,15H2,(H2,16,17,21). The van der Waals surface area contributed by atoms with Gasteiger partial charge in [0.25, 0.3) is 5.69 Å². The SMILES string of the molecule is Nc1ccccc1CNC(=S)Nc1ccc([N+](=O)[O-])cc1. The minimum atomic E-state index is -0.446. The molecule has 0 radical (unpaired) electrons. The van der Waals surface area contributed by atoms with Crippen molar-refractivity contribution in [3.8, 4) is 0 Å². The van der Waals surface area contributed by atoms with Gasteiger partial charge in [0.05, 0.1) is 4.92 Å². The van der Waals surface area contributed by atoms with Crippen LogP contribution in [-0.2, 0) is 6.54 Å². The van der Waals surface area contributed by atoms with Crippen molar-refractivity contribution < 1.29 is 4.92 Å². The molecule has 0 aliphatic heterocycles. The van der Waals surface area contributed by atoms with Gasteiger partial charge < -0.3 is 16.4 Å². The average Bonchev–Trinajstić information content (AvgIpc) is 2.47. The van der Waals surface area contributed by atoms with Crippen molar-refractivity contribution in [1.82, 2.24) is 5.32 Å². The second-order valence-electron chi connectivity index (χ2n) is 4.31. The molecule has 0 heterocycles. The van der Waals surface area contributed by atoms with Crippen LogP contribution in [0.15, 0.2) is 48.5 Å². The highest BCUT2D eigenvalue weighted by molar-refractivity contribution is 7.80. The summed E-state index contributed by atoms with van der Waals surface area (Å²) in [6, 6.07) is 13.5. The lowest BCUT2D eigenvalue weighted by atomic mass is 10.2. The fourth-order valence-electron chi connectivity index (χ4n) is 1.71. The van der Waals surface area contributed by atoms with Crippen LogP contribution in [0.4, 0.5) is 17.1 Å². The highest BCUT2D eigenvalue weighted by Gasteiger charge is 2.05. The third-order valence-electron chi connectivity index (χ3n) is 2.83. The van der Waals surface area contributed by atoms with Crippen LogP contribution in [0, 0.1) is 10.1 Å². The van der Waals surface area contributed by atoms with Crippen LogP contribution >= 0.6 is 12.2 Å². The molecule has 2 aromatic carbocycles. The fourth-order valence-corrected chi connectivity index (χ4v) is 1.90. The smallest absolute Gasteiger partial charge is 0.269 e. The number of para-hydroxylation sites is 1. The Bertz CT molecular complexity index is 658. The van der Waals surface area contributed by atoms with E-state index >= 15 is 0 Å². The third kappa shape index (κ3) is 4.15. The molecule has 7 heteroatoms. The maximum Gasteiger partial charge on any atom is 0.269 e. The molecule has 0 spiro atoms. The van der Waals surface area contributed by atoms with E-state index in [1.165, 1.54) is 12.1 Å². The molecule has 6 nitrogen and oxygen atoms in total. The lowest BCUT2D eigenvalue weighted by Crippen LogP contribution is -2.28. The Hall–Kier alpha value is -2.67. The summed E-state index contributed by atoms with van der Waals surface area (Å²) in [4.78, 5) is 10.1. The van der Waals surface area contributed by atoms with E-state index in [1.54, 1.807) is 12.1 Å². The molecule has 108 valence electrons. The summed E-state index contributed by atoms with van der Waals surface area (Å²) in [6.07, 6.45) is 0. The Morgan fingerprint density at radius 3 is 2.48 bits per heavy atom. The van der Waals surface area contributed by atoms with Gasteiger partial charge in [0.15, 0.2) is 5.11 Å². The molecule has 2 aromatic rings. The summed E-state index contributed by atoms with van der Waals surface area (Å²) in [5.74, 6) is 0. The zero-order valence-electron chi connectivity index (χ0n) is 11.1. The number of anilines is 2. The van der Waals surface area contributed by atoms with Crippen LogP contribution in [0.2, 0.25) is 0 Å². The molecule has 0 aliphatic rings. The number of nitrogens with one attached hydrogen (secondary N) is 2. The number of nitrogens with two attached hydrogens (primary N) is 1. The van der Waals surface area contributed by atoms with E-state index in [2.05, 4.69) is 10.6 Å². The monoisotopic (exact) mass is 302 g/mol. The summed E-state index contributed by atoms with van der Waals surface area (Å²) in [7, 11) is 0. The first-order valence-electron chi connectivity index (χ1n) is 6.19. The second kappa shape index (κ2) is 6.67. The third-order valence-corrected chi connectivity index (χ3v) is 3.08. The van der Waals surface area contributed by atoms with Gasteiger partial charge >= 0.3 is 0 Å². The van der Waals surface area contributed by atoms with Gasteiger partial charge in [-0.3, -0.25) is 10.1 Å². The number of nitrogen functional groups attached to an aromatic ring is 1. The predicted molar refractivity (Wildman–Crippen MR) is 87.0 cm³/mol. The Morgan fingerprint density at radius 2 is 1.86 bits per heavy atom. The van der Waals surface area contributed by atoms with E-state index in [1.807, 2.05) is 24.3 Å². The Balaban J connectivity index is 1.90. The minimum Gasteiger partial charge on any atom is -0.398 e. The summed E-state index contributed by atoms with van der Waals surface area (Å²) >= 11 is 5.17. The van der Waals surface area contributed by atoms with Crippen LogP contribution in [-0.4, -0.2) is 10.0 Å². The minimum absolute atomic E-state index is 0.0384. The van der Waals surface area contributed by atoms with Gasteiger partial charge in [0.1, 0.15) is 0 Å². The van der Waals surface area contributed by atoms with Crippen molar-refractivity contribution in [2.45, 2.75) is 6.54 Å². The van der Waals surface area contributed by atoms with E-state index in [0.29, 0.717) is 23.0 Å². The van der Waals surface area contributed by atoms with Crippen molar-refractivity contribution in [1.29, 1.82) is 0 Å². The Morgan fingerprint density at radius 1 is 1.19 bits per heavy atom. The number of nitro benzene ring substituents is 1. The summed E-state index contributed by atoms with van der Waals surface area (Å²) < 4.78 is 0. The number of rotatable bonds is 4. The van der Waals surface area contributed by atoms with E-state index in [4.69, 9.17) is 18.0 Å². The van der Waals surface area contributed by atoms with Gasteiger partial charge in [-0.25, -0.2) is 0 Å². The first kappa shape index (κ1) is 14.7. The molecule has 0 saturated heterocycles. The van der Waals surface area contributed by atoms with Gasteiger partial charge in [-0.2, -0.15) is 0 Å². The Kier molecular flexibility index (Phi) is 4.68. The van der Waals surface area contributed by atoms with E-state index in [0.717, 1.165) is 5.56 Å². The summed E-state index contributed by atoms with van der Waals surface area (Å²) in [5.41, 5.74) is 8.20. The zero-order valence-corrected chi connectivity index (χ0v) is 11.9. The maximum absolute atomic E-state index is 10.6. The molecule has 0 saturated carbocycles. The van der Waals surface area contributed by atoms with E-state index in [-0.39, 0.29) is 5.69 Å². The molecule has 0 amide bonds. The predicted octanol–water partition coefficient (Wildman–Crippen LogP) is 2.66. The van der Waals surface area contributed by atoms with Crippen LogP contribution in [0.3, 0.4) is 0 Å². The van der Waals surface area contributed by atoms with Gasteiger partial charge in [0, 0.05) is 30.1 Å². The van der Waals surface area contributed by atoms with Gasteiger partial charge in [-0.1, -0.05) is 18.2 Å². The summed E-state index contributed by atoms with van der Waals surface area (Å²) in [5, 5.41) is 17.0. The molecule has 0 atom stereocenters. The molecule has 0 unspecified atom stereocenters. The molecular weight excluding hydrogens is 288 g/mol. The number of nitrogens with zero attached hydrogens (tertiary/aromatic N) is 1. The second-order valence-corrected chi connectivity index (χ2v) is 4.72. The normalized spacial score (nSPS) is 9.90. The molecule has 0 bridgehead atoms. The largest absolute Gasteiger partial charge is 0.398 e. The fraction of sp³-hybridized carbons (Fsp3) is 0.0714. The van der Waals surface area contributed by atoms with Gasteiger partial charge in [0.2, 0.25) is 0 Å². The topological polar surface area (TPSA) is 93.2 Å². The van der Waals surface area contributed by atoms with Crippen LogP contribution in [0.1, 0.15) is 5.56 Å². The summed E-state index contributed by atoms with van der Waals surface area (Å²) in [6.45, 7) is 0.505. The number of hydrogen-bond acceptors (Lipinski definition) is 4. The van der Waals surface area contributed by atoms with Crippen molar-refractivity contribution in [3.63, 3.8) is 0 Å². The zero-order chi connectivity index (χ0) is 15.2. The van der Waals surface area contributed by atoms with Gasteiger partial charge in [-0.15, -0.1) is 0 Å². The van der Waals surface area contributed by atoms with Gasteiger partial charge in [-0.05, 0) is 36.0 Å². The first-order chi connectivity index (χ1) is 10.1. The lowest BCUT2D eigenvalue weighted by Gasteiger charge is -2.11. The molecule has 21 heavy (non-hydrogen) atoms. The molecule has 0 fully saturated rings. The first-order valence-corrected chi connectivity index (χ1v) is 6.60. The van der Waals surface area contributed by atoms with E-state index < -0.39 is 4.92 Å². The van der Waals surface area contributed by atoms with Crippen LogP contribution in [0.5, 0.6) is 0 Å². The molecule has 4 N–H and O–H groups in total. The average molecular weight is 302 g/mol. The van der Waals surface area contributed by atoms with Crippen molar-refractivity contribution in [2.24, 2.45) is 0 Å². The van der Waals surface area contributed by atoms with Crippen molar-refractivity contribution >= 4 is 34.4 Å². The highest BCUT2D eigenvalue weighted by atomic mass is 32.1. The number of non-ortho nitro benzene ring substituents is 1. The molecular formula is C14H14N4O2S. The molecule has 2 rings (SSSR count). The quantitative estimate of drug-likeness (QED) is 0.348. The van der Waals surface area contributed by atoms with Crippen molar-refractivity contribution in [3.05, 3.63) is 64.2 Å². The van der Waals surface area contributed by atoms with Crippen LogP contribution in [0.25, 0.3) is 0 Å². The van der Waals surface area contributed by atoms with Crippen molar-refractivity contribution in [2.75, 3.05) is 11.1 Å². The Labute approximate surface area is 127 Å². The lowest BCUT2D eigenvalue weighted by molar-refractivity contribution is -0.384. The maximum atomic E-state index is 10.6. The number of nitro groups is 1. The highest BCUT2D eigenvalue weighted by Crippen LogP contribution is 2.15. The number of benzene rings is 2.